The standard InChI is InChI=1S/C15H13ClO2/c1-9-3-5-12(10(2)7-9)13-6-4-11(15(17)18)8-14(13)16/h3-8H,1-2H3,(H,17,18). The molecule has 0 aliphatic rings. The Kier molecular flexibility index (Phi) is 3.39. The van der Waals surface area contributed by atoms with Crippen molar-refractivity contribution in [3.05, 3.63) is 58.1 Å². The summed E-state index contributed by atoms with van der Waals surface area (Å²) in [5, 5.41) is 9.36. The van der Waals surface area contributed by atoms with Crippen molar-refractivity contribution in [2.24, 2.45) is 0 Å². The van der Waals surface area contributed by atoms with Crippen molar-refractivity contribution in [1.29, 1.82) is 0 Å². The predicted molar refractivity (Wildman–Crippen MR) is 73.3 cm³/mol. The Morgan fingerprint density at radius 1 is 1.06 bits per heavy atom. The predicted octanol–water partition coefficient (Wildman–Crippen LogP) is 4.32. The fraction of sp³-hybridized carbons (Fsp3) is 0.133. The third-order valence-electron chi connectivity index (χ3n) is 2.89. The van der Waals surface area contributed by atoms with E-state index in [0.717, 1.165) is 16.7 Å². The highest BCUT2D eigenvalue weighted by atomic mass is 35.5. The van der Waals surface area contributed by atoms with E-state index in [2.05, 4.69) is 6.07 Å². The molecule has 0 atom stereocenters. The number of carboxylic acids is 1. The van der Waals surface area contributed by atoms with Crippen molar-refractivity contribution in [3.63, 3.8) is 0 Å². The molecule has 0 aliphatic heterocycles. The zero-order chi connectivity index (χ0) is 13.3. The molecule has 0 fully saturated rings. The smallest absolute Gasteiger partial charge is 0.335 e. The summed E-state index contributed by atoms with van der Waals surface area (Å²) in [4.78, 5) is 10.9. The molecule has 0 saturated carbocycles. The Balaban J connectivity index is 2.54. The Morgan fingerprint density at radius 2 is 1.72 bits per heavy atom. The largest absolute Gasteiger partial charge is 0.478 e. The van der Waals surface area contributed by atoms with Crippen molar-refractivity contribution in [3.8, 4) is 11.1 Å². The van der Waals surface area contributed by atoms with Crippen LogP contribution in [0, 0.1) is 13.8 Å². The topological polar surface area (TPSA) is 37.3 Å². The van der Waals surface area contributed by atoms with Gasteiger partial charge < -0.3 is 5.11 Å². The van der Waals surface area contributed by atoms with Gasteiger partial charge in [0, 0.05) is 10.6 Å². The van der Waals surface area contributed by atoms with Crippen LogP contribution in [-0.2, 0) is 0 Å². The summed E-state index contributed by atoms with van der Waals surface area (Å²) in [6.07, 6.45) is 0. The molecule has 18 heavy (non-hydrogen) atoms. The first-order chi connectivity index (χ1) is 8.49. The summed E-state index contributed by atoms with van der Waals surface area (Å²) in [6, 6.07) is 10.9. The molecule has 0 saturated heterocycles. The SMILES string of the molecule is Cc1ccc(-c2ccc(C(=O)O)cc2Cl)c(C)c1. The third-order valence-corrected chi connectivity index (χ3v) is 3.20. The van der Waals surface area contributed by atoms with Crippen molar-refractivity contribution in [2.75, 3.05) is 0 Å². The van der Waals surface area contributed by atoms with Crippen molar-refractivity contribution in [2.45, 2.75) is 13.8 Å². The number of halogens is 1. The Labute approximate surface area is 111 Å². The van der Waals surface area contributed by atoms with Gasteiger partial charge in [-0.3, -0.25) is 0 Å². The number of benzene rings is 2. The molecule has 0 amide bonds. The normalized spacial score (nSPS) is 10.4. The first-order valence-corrected chi connectivity index (χ1v) is 5.97. The molecule has 0 aliphatic carbocycles. The highest BCUT2D eigenvalue weighted by molar-refractivity contribution is 6.33. The number of aryl methyl sites for hydroxylation is 2. The minimum absolute atomic E-state index is 0.202. The van der Waals surface area contributed by atoms with Crippen LogP contribution in [0.25, 0.3) is 11.1 Å². The van der Waals surface area contributed by atoms with Crippen LogP contribution in [0.1, 0.15) is 21.5 Å². The van der Waals surface area contributed by atoms with Gasteiger partial charge in [-0.05, 0) is 37.1 Å². The summed E-state index contributed by atoms with van der Waals surface area (Å²) < 4.78 is 0. The van der Waals surface area contributed by atoms with Gasteiger partial charge in [-0.15, -0.1) is 0 Å². The maximum Gasteiger partial charge on any atom is 0.335 e. The summed E-state index contributed by atoms with van der Waals surface area (Å²) in [7, 11) is 0. The molecule has 0 unspecified atom stereocenters. The van der Waals surface area contributed by atoms with Gasteiger partial charge >= 0.3 is 5.97 Å². The van der Waals surface area contributed by atoms with E-state index in [4.69, 9.17) is 16.7 Å². The lowest BCUT2D eigenvalue weighted by atomic mass is 9.98. The van der Waals surface area contributed by atoms with Crippen LogP contribution in [0.3, 0.4) is 0 Å². The second-order valence-electron chi connectivity index (χ2n) is 4.32. The molecule has 0 bridgehead atoms. The van der Waals surface area contributed by atoms with Crippen LogP contribution < -0.4 is 0 Å². The van der Waals surface area contributed by atoms with E-state index in [1.807, 2.05) is 26.0 Å². The molecule has 2 aromatic rings. The minimum atomic E-state index is -0.968. The summed E-state index contributed by atoms with van der Waals surface area (Å²) in [6.45, 7) is 4.05. The molecule has 2 aromatic carbocycles. The Hall–Kier alpha value is -1.80. The fourth-order valence-corrected chi connectivity index (χ4v) is 2.26. The number of aromatic carboxylic acids is 1. The average molecular weight is 261 g/mol. The van der Waals surface area contributed by atoms with Gasteiger partial charge in [0.25, 0.3) is 0 Å². The maximum absolute atomic E-state index is 10.9. The molecular weight excluding hydrogens is 248 g/mol. The van der Waals surface area contributed by atoms with Gasteiger partial charge in [0.15, 0.2) is 0 Å². The van der Waals surface area contributed by atoms with E-state index in [9.17, 15) is 4.79 Å². The van der Waals surface area contributed by atoms with Gasteiger partial charge in [-0.25, -0.2) is 4.79 Å². The Morgan fingerprint density at radius 3 is 2.28 bits per heavy atom. The number of carbonyl (C=O) groups is 1. The van der Waals surface area contributed by atoms with Crippen molar-refractivity contribution >= 4 is 17.6 Å². The number of hydrogen-bond donors (Lipinski definition) is 1. The lowest BCUT2D eigenvalue weighted by molar-refractivity contribution is 0.0697. The molecule has 0 spiro atoms. The highest BCUT2D eigenvalue weighted by Gasteiger charge is 2.10. The molecule has 92 valence electrons. The molecule has 2 nitrogen and oxygen atoms in total. The molecule has 3 heteroatoms. The first kappa shape index (κ1) is 12.7. The van der Waals surface area contributed by atoms with Crippen LogP contribution >= 0.6 is 11.6 Å². The highest BCUT2D eigenvalue weighted by Crippen LogP contribution is 2.31. The maximum atomic E-state index is 10.9. The Bertz CT molecular complexity index is 618. The van der Waals surface area contributed by atoms with Crippen LogP contribution in [0.15, 0.2) is 36.4 Å². The lowest BCUT2D eigenvalue weighted by Gasteiger charge is -2.09. The van der Waals surface area contributed by atoms with E-state index in [-0.39, 0.29) is 5.56 Å². The number of rotatable bonds is 2. The first-order valence-electron chi connectivity index (χ1n) is 5.59. The van der Waals surface area contributed by atoms with Gasteiger partial charge in [-0.1, -0.05) is 41.4 Å². The number of carboxylic acid groups (broad SMARTS) is 1. The quantitative estimate of drug-likeness (QED) is 0.873. The zero-order valence-electron chi connectivity index (χ0n) is 10.2. The molecule has 0 aromatic heterocycles. The lowest BCUT2D eigenvalue weighted by Crippen LogP contribution is -1.96. The van der Waals surface area contributed by atoms with Crippen molar-refractivity contribution in [1.82, 2.24) is 0 Å². The summed E-state index contributed by atoms with van der Waals surface area (Å²) in [5.41, 5.74) is 4.41. The van der Waals surface area contributed by atoms with Crippen LogP contribution in [-0.4, -0.2) is 11.1 Å². The van der Waals surface area contributed by atoms with Gasteiger partial charge in [-0.2, -0.15) is 0 Å². The molecule has 1 N–H and O–H groups in total. The minimum Gasteiger partial charge on any atom is -0.478 e. The molecule has 2 rings (SSSR count). The third kappa shape index (κ3) is 2.39. The van der Waals surface area contributed by atoms with Crippen LogP contribution in [0.2, 0.25) is 5.02 Å². The van der Waals surface area contributed by atoms with E-state index in [1.54, 1.807) is 12.1 Å². The van der Waals surface area contributed by atoms with Gasteiger partial charge in [0.05, 0.1) is 5.56 Å². The molecule has 0 radical (unpaired) electrons. The van der Waals surface area contributed by atoms with Gasteiger partial charge in [0.2, 0.25) is 0 Å². The second-order valence-corrected chi connectivity index (χ2v) is 4.73. The monoisotopic (exact) mass is 260 g/mol. The number of hydrogen-bond acceptors (Lipinski definition) is 1. The van der Waals surface area contributed by atoms with Gasteiger partial charge in [0.1, 0.15) is 0 Å². The van der Waals surface area contributed by atoms with Crippen molar-refractivity contribution < 1.29 is 9.90 Å². The zero-order valence-corrected chi connectivity index (χ0v) is 11.0. The van der Waals surface area contributed by atoms with Crippen LogP contribution in [0.4, 0.5) is 0 Å². The molecular formula is C15H13ClO2. The van der Waals surface area contributed by atoms with E-state index in [0.29, 0.717) is 5.02 Å². The van der Waals surface area contributed by atoms with E-state index < -0.39 is 5.97 Å². The fourth-order valence-electron chi connectivity index (χ4n) is 1.98. The average Bonchev–Trinajstić information content (AvgIpc) is 2.30. The second kappa shape index (κ2) is 4.83. The summed E-state index contributed by atoms with van der Waals surface area (Å²) >= 11 is 6.16. The van der Waals surface area contributed by atoms with E-state index in [1.165, 1.54) is 11.6 Å². The summed E-state index contributed by atoms with van der Waals surface area (Å²) in [5.74, 6) is -0.968. The van der Waals surface area contributed by atoms with Crippen LogP contribution in [0.5, 0.6) is 0 Å². The molecule has 0 heterocycles. The van der Waals surface area contributed by atoms with E-state index >= 15 is 0 Å².